The minimum Gasteiger partial charge on any atom is -0.391 e. The van der Waals surface area contributed by atoms with Crippen LogP contribution >= 0.6 is 0 Å². The Balaban J connectivity index is 1.53. The average molecular weight is 396 g/mol. The molecule has 0 aliphatic heterocycles. The molecule has 2 unspecified atom stereocenters. The van der Waals surface area contributed by atoms with Crippen molar-refractivity contribution in [3.8, 4) is 0 Å². The molecule has 6 rings (SSSR count). The van der Waals surface area contributed by atoms with Gasteiger partial charge in [-0.2, -0.15) is 0 Å². The van der Waals surface area contributed by atoms with Gasteiger partial charge in [-0.05, 0) is 67.9 Å². The van der Waals surface area contributed by atoms with Crippen LogP contribution in [0, 0.1) is 0 Å². The van der Waals surface area contributed by atoms with Crippen LogP contribution in [-0.4, -0.2) is 28.5 Å². The number of nitrogens with one attached hydrogen (secondary N) is 1. The molecule has 5 aromatic carbocycles. The van der Waals surface area contributed by atoms with E-state index in [0.717, 1.165) is 19.3 Å². The summed E-state index contributed by atoms with van der Waals surface area (Å²) in [5, 5.41) is 34.4. The molecule has 0 aromatic heterocycles. The Bertz CT molecular complexity index is 1320. The highest BCUT2D eigenvalue weighted by Crippen LogP contribution is 2.40. The molecule has 1 aliphatic carbocycles. The van der Waals surface area contributed by atoms with Crippen LogP contribution < -0.4 is 5.32 Å². The molecule has 3 N–H and O–H groups in total. The molecule has 1 fully saturated rings. The number of rotatable bonds is 3. The minimum atomic E-state index is -0.488. The van der Waals surface area contributed by atoms with E-state index in [0.29, 0.717) is 6.54 Å². The maximum atomic E-state index is 10.3. The van der Waals surface area contributed by atoms with Gasteiger partial charge in [0.25, 0.3) is 0 Å². The van der Waals surface area contributed by atoms with Crippen molar-refractivity contribution in [2.24, 2.45) is 0 Å². The summed E-state index contributed by atoms with van der Waals surface area (Å²) in [5.41, 5.74) is 1.20. The van der Waals surface area contributed by atoms with Crippen molar-refractivity contribution in [3.63, 3.8) is 0 Å². The van der Waals surface area contributed by atoms with Crippen LogP contribution in [0.25, 0.3) is 43.1 Å². The molecule has 150 valence electrons. The molecule has 1 saturated carbocycles. The second-order valence-corrected chi connectivity index (χ2v) is 8.68. The molecule has 3 nitrogen and oxygen atoms in total. The maximum absolute atomic E-state index is 10.3. The van der Waals surface area contributed by atoms with E-state index in [9.17, 15) is 10.2 Å². The summed E-state index contributed by atoms with van der Waals surface area (Å²) in [6.45, 7) is 0.630. The number of hydrogen-bond acceptors (Lipinski definition) is 3. The largest absolute Gasteiger partial charge is 0.391 e. The quantitative estimate of drug-likeness (QED) is 0.294. The van der Waals surface area contributed by atoms with E-state index in [1.807, 2.05) is 0 Å². The zero-order valence-electron chi connectivity index (χ0n) is 16.8. The SMILES string of the molecule is OC1CCCC(O)C1NCc1ccc2c3cccc4cccc(c5cccc1c52)c43. The van der Waals surface area contributed by atoms with Gasteiger partial charge in [0, 0.05) is 6.54 Å². The number of hydrogen-bond donors (Lipinski definition) is 3. The van der Waals surface area contributed by atoms with Crippen molar-refractivity contribution in [3.05, 3.63) is 72.3 Å². The molecule has 0 bridgehead atoms. The lowest BCUT2D eigenvalue weighted by molar-refractivity contribution is 0.000913. The molecule has 0 heterocycles. The lowest BCUT2D eigenvalue weighted by Crippen LogP contribution is -2.50. The number of aliphatic hydroxyl groups excluding tert-OH is 2. The van der Waals surface area contributed by atoms with Gasteiger partial charge in [0.05, 0.1) is 18.2 Å². The van der Waals surface area contributed by atoms with Gasteiger partial charge in [0.1, 0.15) is 0 Å². The summed E-state index contributed by atoms with van der Waals surface area (Å²) in [6, 6.07) is 23.8. The third-order valence-corrected chi connectivity index (χ3v) is 6.97. The van der Waals surface area contributed by atoms with Crippen LogP contribution in [0.4, 0.5) is 0 Å². The fourth-order valence-electron chi connectivity index (χ4n) is 5.51. The third kappa shape index (κ3) is 2.63. The van der Waals surface area contributed by atoms with Crippen molar-refractivity contribution in [2.75, 3.05) is 0 Å². The van der Waals surface area contributed by atoms with Crippen LogP contribution in [0.2, 0.25) is 0 Å². The molecule has 0 spiro atoms. The predicted octanol–water partition coefficient (Wildman–Crippen LogP) is 5.10. The standard InChI is InChI=1S/C27H25NO2/c29-23-11-4-12-24(30)27(23)28-15-17-13-14-22-20-9-2-6-16-5-1-8-19(25(16)20)21-10-3-7-18(17)26(21)22/h1-3,5-10,13-14,23-24,27-30H,4,11-12,15H2. The van der Waals surface area contributed by atoms with E-state index in [4.69, 9.17) is 0 Å². The molecule has 2 atom stereocenters. The molecular formula is C27H25NO2. The average Bonchev–Trinajstić information content (AvgIpc) is 2.77. The van der Waals surface area contributed by atoms with Crippen molar-refractivity contribution in [1.29, 1.82) is 0 Å². The number of benzene rings is 5. The Hall–Kier alpha value is -2.72. The summed E-state index contributed by atoms with van der Waals surface area (Å²) in [5.74, 6) is 0. The minimum absolute atomic E-state index is 0.265. The first-order chi connectivity index (χ1) is 14.7. The normalized spacial score (nSPS) is 22.5. The lowest BCUT2D eigenvalue weighted by atomic mass is 9.88. The van der Waals surface area contributed by atoms with E-state index in [2.05, 4.69) is 72.0 Å². The molecule has 1 aliphatic rings. The summed E-state index contributed by atoms with van der Waals surface area (Å²) in [6.07, 6.45) is 1.40. The Morgan fingerprint density at radius 3 is 1.93 bits per heavy atom. The van der Waals surface area contributed by atoms with E-state index < -0.39 is 12.2 Å². The van der Waals surface area contributed by atoms with E-state index >= 15 is 0 Å². The Labute approximate surface area is 175 Å². The Morgan fingerprint density at radius 2 is 1.23 bits per heavy atom. The molecule has 30 heavy (non-hydrogen) atoms. The molecule has 0 amide bonds. The first-order valence-corrected chi connectivity index (χ1v) is 10.9. The first-order valence-electron chi connectivity index (χ1n) is 10.9. The summed E-state index contributed by atoms with van der Waals surface area (Å²) in [7, 11) is 0. The van der Waals surface area contributed by atoms with E-state index in [1.165, 1.54) is 48.7 Å². The first kappa shape index (κ1) is 18.1. The molecule has 3 heteroatoms. The fourth-order valence-corrected chi connectivity index (χ4v) is 5.51. The summed E-state index contributed by atoms with van der Waals surface area (Å²) >= 11 is 0. The van der Waals surface area contributed by atoms with Crippen LogP contribution in [0.3, 0.4) is 0 Å². The van der Waals surface area contributed by atoms with Gasteiger partial charge in [-0.15, -0.1) is 0 Å². The topological polar surface area (TPSA) is 52.5 Å². The maximum Gasteiger partial charge on any atom is 0.0718 e. The second kappa shape index (κ2) is 6.92. The van der Waals surface area contributed by atoms with Crippen molar-refractivity contribution in [1.82, 2.24) is 5.32 Å². The van der Waals surface area contributed by atoms with Gasteiger partial charge in [-0.1, -0.05) is 66.7 Å². The van der Waals surface area contributed by atoms with Crippen molar-refractivity contribution in [2.45, 2.75) is 44.1 Å². The Kier molecular flexibility index (Phi) is 4.17. The summed E-state index contributed by atoms with van der Waals surface area (Å²) < 4.78 is 0. The molecule has 5 aromatic rings. The van der Waals surface area contributed by atoms with Gasteiger partial charge in [0.15, 0.2) is 0 Å². The second-order valence-electron chi connectivity index (χ2n) is 8.68. The van der Waals surface area contributed by atoms with Crippen molar-refractivity contribution < 1.29 is 10.2 Å². The van der Waals surface area contributed by atoms with Crippen LogP contribution in [-0.2, 0) is 6.54 Å². The molecule has 0 radical (unpaired) electrons. The van der Waals surface area contributed by atoms with Crippen molar-refractivity contribution >= 4 is 43.1 Å². The zero-order valence-corrected chi connectivity index (χ0v) is 16.8. The summed E-state index contributed by atoms with van der Waals surface area (Å²) in [4.78, 5) is 0. The fraction of sp³-hybridized carbons (Fsp3) is 0.259. The monoisotopic (exact) mass is 395 g/mol. The van der Waals surface area contributed by atoms with Gasteiger partial charge in [0.2, 0.25) is 0 Å². The van der Waals surface area contributed by atoms with Crippen LogP contribution in [0.1, 0.15) is 24.8 Å². The smallest absolute Gasteiger partial charge is 0.0718 e. The zero-order chi connectivity index (χ0) is 20.2. The van der Waals surface area contributed by atoms with E-state index in [1.54, 1.807) is 0 Å². The van der Waals surface area contributed by atoms with Gasteiger partial charge < -0.3 is 15.5 Å². The van der Waals surface area contributed by atoms with Gasteiger partial charge >= 0.3 is 0 Å². The lowest BCUT2D eigenvalue weighted by Gasteiger charge is -2.33. The number of aliphatic hydroxyl groups is 2. The van der Waals surface area contributed by atoms with Crippen LogP contribution in [0.15, 0.2) is 66.7 Å². The highest BCUT2D eigenvalue weighted by molar-refractivity contribution is 6.33. The highest BCUT2D eigenvalue weighted by atomic mass is 16.3. The molecule has 0 saturated heterocycles. The molecular weight excluding hydrogens is 370 g/mol. The van der Waals surface area contributed by atoms with Crippen LogP contribution in [0.5, 0.6) is 0 Å². The highest BCUT2D eigenvalue weighted by Gasteiger charge is 2.30. The van der Waals surface area contributed by atoms with E-state index in [-0.39, 0.29) is 6.04 Å². The Morgan fingerprint density at radius 1 is 0.667 bits per heavy atom. The predicted molar refractivity (Wildman–Crippen MR) is 124 cm³/mol. The van der Waals surface area contributed by atoms with Gasteiger partial charge in [-0.25, -0.2) is 0 Å². The number of fused-ring (bicyclic) bond motifs is 2. The third-order valence-electron chi connectivity index (χ3n) is 6.97. The van der Waals surface area contributed by atoms with Gasteiger partial charge in [-0.3, -0.25) is 0 Å².